The van der Waals surface area contributed by atoms with E-state index in [1.54, 1.807) is 13.1 Å². The summed E-state index contributed by atoms with van der Waals surface area (Å²) in [5, 5.41) is 6.85. The number of nitrogens with one attached hydrogen (secondary N) is 1. The van der Waals surface area contributed by atoms with Crippen molar-refractivity contribution in [3.8, 4) is 0 Å². The van der Waals surface area contributed by atoms with Crippen molar-refractivity contribution < 1.29 is 9.53 Å². The van der Waals surface area contributed by atoms with Gasteiger partial charge in [-0.1, -0.05) is 6.07 Å². The Kier molecular flexibility index (Phi) is 5.78. The molecule has 7 nitrogen and oxygen atoms in total. The summed E-state index contributed by atoms with van der Waals surface area (Å²) in [6.45, 7) is 4.19. The molecule has 2 aromatic rings. The van der Waals surface area contributed by atoms with E-state index in [1.165, 1.54) is 5.56 Å². The number of rotatable bonds is 5. The van der Waals surface area contributed by atoms with Crippen LogP contribution in [-0.4, -0.2) is 58.9 Å². The lowest BCUT2D eigenvalue weighted by Crippen LogP contribution is -2.30. The van der Waals surface area contributed by atoms with E-state index in [-0.39, 0.29) is 5.91 Å². The van der Waals surface area contributed by atoms with Crippen LogP contribution in [0, 0.1) is 5.92 Å². The number of nitrogens with zero attached hydrogens (tertiary/aromatic N) is 4. The number of carbonyl (C=O) groups is 1. The Bertz CT molecular complexity index is 715. The molecular weight excluding hydrogens is 318 g/mol. The average molecular weight is 343 g/mol. The van der Waals surface area contributed by atoms with Gasteiger partial charge in [0.25, 0.3) is 5.91 Å². The number of carbonyl (C=O) groups excluding carboxylic acids is 1. The highest BCUT2D eigenvalue weighted by atomic mass is 16.5. The number of pyridine rings is 1. The van der Waals surface area contributed by atoms with Crippen LogP contribution in [0.1, 0.15) is 21.7 Å². The number of hydrogen-bond donors (Lipinski definition) is 1. The Morgan fingerprint density at radius 3 is 3.08 bits per heavy atom. The van der Waals surface area contributed by atoms with Gasteiger partial charge in [-0.25, -0.2) is 4.98 Å². The number of amides is 1. The molecule has 3 heterocycles. The normalized spacial score (nSPS) is 18.7. The van der Waals surface area contributed by atoms with Gasteiger partial charge in [0.1, 0.15) is 5.69 Å². The molecule has 1 aliphatic rings. The minimum Gasteiger partial charge on any atom is -0.380 e. The van der Waals surface area contributed by atoms with Gasteiger partial charge in [-0.3, -0.25) is 14.4 Å². The summed E-state index contributed by atoms with van der Waals surface area (Å²) >= 11 is 0. The summed E-state index contributed by atoms with van der Waals surface area (Å²) in [4.78, 5) is 18.6. The molecule has 0 spiro atoms. The highest BCUT2D eigenvalue weighted by molar-refractivity contribution is 5.91. The quantitative estimate of drug-likeness (QED) is 0.872. The highest BCUT2D eigenvalue weighted by Crippen LogP contribution is 2.15. The second-order valence-electron chi connectivity index (χ2n) is 6.50. The van der Waals surface area contributed by atoms with Crippen LogP contribution in [0.3, 0.4) is 0 Å². The van der Waals surface area contributed by atoms with Crippen LogP contribution in [0.15, 0.2) is 30.6 Å². The maximum absolute atomic E-state index is 11.8. The first-order valence-corrected chi connectivity index (χ1v) is 8.59. The fraction of sp³-hybridized carbons (Fsp3) is 0.500. The van der Waals surface area contributed by atoms with Crippen LogP contribution >= 0.6 is 0 Å². The highest BCUT2D eigenvalue weighted by Gasteiger charge is 2.20. The van der Waals surface area contributed by atoms with E-state index in [9.17, 15) is 4.79 Å². The lowest BCUT2D eigenvalue weighted by molar-refractivity contribution is 0.0957. The van der Waals surface area contributed by atoms with Crippen LogP contribution < -0.4 is 5.32 Å². The standard InChI is InChI=1S/C18H25N5O2/c1-19-18(24)17-5-3-4-16(21-17)8-14-11-23(6-7-25-13-14)12-15-9-20-22(2)10-15/h3-5,9-10,14H,6-8,11-13H2,1-2H3,(H,19,24). The molecule has 7 heteroatoms. The Morgan fingerprint density at radius 1 is 1.44 bits per heavy atom. The molecule has 0 radical (unpaired) electrons. The van der Waals surface area contributed by atoms with Gasteiger partial charge in [0.15, 0.2) is 0 Å². The van der Waals surface area contributed by atoms with Gasteiger partial charge in [0.05, 0.1) is 19.4 Å². The van der Waals surface area contributed by atoms with Crippen LogP contribution in [0.25, 0.3) is 0 Å². The molecule has 0 saturated carbocycles. The molecule has 1 N–H and O–H groups in total. The van der Waals surface area contributed by atoms with E-state index in [0.717, 1.165) is 45.0 Å². The topological polar surface area (TPSA) is 72.3 Å². The molecule has 1 unspecified atom stereocenters. The number of ether oxygens (including phenoxy) is 1. The molecule has 3 rings (SSSR count). The van der Waals surface area contributed by atoms with Crippen molar-refractivity contribution in [2.24, 2.45) is 13.0 Å². The summed E-state index contributed by atoms with van der Waals surface area (Å²) < 4.78 is 7.61. The first kappa shape index (κ1) is 17.6. The Morgan fingerprint density at radius 2 is 2.32 bits per heavy atom. The third-order valence-corrected chi connectivity index (χ3v) is 4.35. The summed E-state index contributed by atoms with van der Waals surface area (Å²) in [5.41, 5.74) is 2.60. The number of aromatic nitrogens is 3. The van der Waals surface area contributed by atoms with Crippen LogP contribution in [0.5, 0.6) is 0 Å². The zero-order valence-corrected chi connectivity index (χ0v) is 14.8. The van der Waals surface area contributed by atoms with Crippen molar-refractivity contribution in [3.63, 3.8) is 0 Å². The molecule has 1 saturated heterocycles. The molecule has 2 aromatic heterocycles. The van der Waals surface area contributed by atoms with E-state index in [0.29, 0.717) is 11.6 Å². The SMILES string of the molecule is CNC(=O)c1cccc(CC2COCCN(Cc3cnn(C)c3)C2)n1. The zero-order valence-electron chi connectivity index (χ0n) is 14.8. The molecule has 25 heavy (non-hydrogen) atoms. The Balaban J connectivity index is 1.64. The predicted molar refractivity (Wildman–Crippen MR) is 94.1 cm³/mol. The molecule has 0 aromatic carbocycles. The summed E-state index contributed by atoms with van der Waals surface area (Å²) in [5.74, 6) is 0.198. The van der Waals surface area contributed by atoms with E-state index in [4.69, 9.17) is 4.74 Å². The van der Waals surface area contributed by atoms with Crippen molar-refractivity contribution in [3.05, 3.63) is 47.5 Å². The maximum atomic E-state index is 11.8. The lowest BCUT2D eigenvalue weighted by Gasteiger charge is -2.22. The molecule has 0 aliphatic carbocycles. The van der Waals surface area contributed by atoms with Crippen molar-refractivity contribution >= 4 is 5.91 Å². The van der Waals surface area contributed by atoms with Crippen molar-refractivity contribution in [2.75, 3.05) is 33.4 Å². The van der Waals surface area contributed by atoms with Gasteiger partial charge in [-0.2, -0.15) is 5.10 Å². The summed E-state index contributed by atoms with van der Waals surface area (Å²) in [6, 6.07) is 5.60. The maximum Gasteiger partial charge on any atom is 0.269 e. The second-order valence-corrected chi connectivity index (χ2v) is 6.50. The monoisotopic (exact) mass is 343 g/mol. The lowest BCUT2D eigenvalue weighted by atomic mass is 10.0. The van der Waals surface area contributed by atoms with Crippen LogP contribution in [0.4, 0.5) is 0 Å². The smallest absolute Gasteiger partial charge is 0.269 e. The van der Waals surface area contributed by atoms with E-state index < -0.39 is 0 Å². The minimum absolute atomic E-state index is 0.155. The van der Waals surface area contributed by atoms with Gasteiger partial charge in [0.2, 0.25) is 0 Å². The van der Waals surface area contributed by atoms with E-state index in [1.807, 2.05) is 30.1 Å². The molecule has 134 valence electrons. The predicted octanol–water partition coefficient (Wildman–Crippen LogP) is 0.866. The second kappa shape index (κ2) is 8.22. The van der Waals surface area contributed by atoms with Gasteiger partial charge in [-0.15, -0.1) is 0 Å². The third-order valence-electron chi connectivity index (χ3n) is 4.35. The molecule has 1 aliphatic heterocycles. The van der Waals surface area contributed by atoms with E-state index in [2.05, 4.69) is 26.5 Å². The third kappa shape index (κ3) is 4.87. The molecule has 1 amide bonds. The van der Waals surface area contributed by atoms with Crippen molar-refractivity contribution in [1.82, 2.24) is 25.0 Å². The van der Waals surface area contributed by atoms with Crippen molar-refractivity contribution in [2.45, 2.75) is 13.0 Å². The number of hydrogen-bond acceptors (Lipinski definition) is 5. The van der Waals surface area contributed by atoms with Crippen LogP contribution in [0.2, 0.25) is 0 Å². The zero-order chi connectivity index (χ0) is 17.6. The summed E-state index contributed by atoms with van der Waals surface area (Å²) in [6.07, 6.45) is 4.76. The average Bonchev–Trinajstić information content (AvgIpc) is 2.89. The van der Waals surface area contributed by atoms with Crippen LogP contribution in [-0.2, 0) is 24.8 Å². The Hall–Kier alpha value is -2.25. The minimum atomic E-state index is -0.155. The molecule has 0 bridgehead atoms. The fourth-order valence-corrected chi connectivity index (χ4v) is 3.18. The molecule has 1 atom stereocenters. The van der Waals surface area contributed by atoms with Gasteiger partial charge >= 0.3 is 0 Å². The largest absolute Gasteiger partial charge is 0.380 e. The summed E-state index contributed by atoms with van der Waals surface area (Å²) in [7, 11) is 3.55. The fourth-order valence-electron chi connectivity index (χ4n) is 3.18. The van der Waals surface area contributed by atoms with Gasteiger partial charge < -0.3 is 10.1 Å². The van der Waals surface area contributed by atoms with Gasteiger partial charge in [0, 0.05) is 57.1 Å². The number of aryl methyl sites for hydroxylation is 1. The van der Waals surface area contributed by atoms with E-state index >= 15 is 0 Å². The first-order chi connectivity index (χ1) is 12.1. The first-order valence-electron chi connectivity index (χ1n) is 8.59. The van der Waals surface area contributed by atoms with Gasteiger partial charge in [-0.05, 0) is 18.6 Å². The Labute approximate surface area is 148 Å². The molecular formula is C18H25N5O2. The molecule has 1 fully saturated rings. The van der Waals surface area contributed by atoms with Crippen molar-refractivity contribution in [1.29, 1.82) is 0 Å².